The normalized spacial score (nSPS) is 18.4. The van der Waals surface area contributed by atoms with Crippen molar-refractivity contribution in [3.05, 3.63) is 65.7 Å². The van der Waals surface area contributed by atoms with E-state index in [0.29, 0.717) is 11.7 Å². The second-order valence-electron chi connectivity index (χ2n) is 8.09. The number of nitrogens with one attached hydrogen (secondary N) is 1. The predicted molar refractivity (Wildman–Crippen MR) is 129 cm³/mol. The van der Waals surface area contributed by atoms with Crippen molar-refractivity contribution in [2.45, 2.75) is 24.2 Å². The van der Waals surface area contributed by atoms with Gasteiger partial charge in [0.15, 0.2) is 5.13 Å². The van der Waals surface area contributed by atoms with Gasteiger partial charge in [-0.2, -0.15) is 0 Å². The maximum Gasteiger partial charge on any atom is 0.263 e. The number of carbonyl (C=O) groups is 1. The van der Waals surface area contributed by atoms with E-state index in [4.69, 9.17) is 0 Å². The zero-order valence-electron chi connectivity index (χ0n) is 17.5. The van der Waals surface area contributed by atoms with E-state index in [1.54, 1.807) is 35.8 Å². The van der Waals surface area contributed by atoms with E-state index in [1.807, 2.05) is 23.1 Å². The Morgan fingerprint density at radius 2 is 1.94 bits per heavy atom. The van der Waals surface area contributed by atoms with E-state index in [2.05, 4.69) is 20.7 Å². The minimum Gasteiger partial charge on any atom is -0.371 e. The number of hydrogen-bond acceptors (Lipinski definition) is 6. The largest absolute Gasteiger partial charge is 0.371 e. The van der Waals surface area contributed by atoms with Crippen molar-refractivity contribution < 1.29 is 14.6 Å². The molecule has 3 aromatic rings. The summed E-state index contributed by atoms with van der Waals surface area (Å²) in [6.07, 6.45) is 4.36. The van der Waals surface area contributed by atoms with Gasteiger partial charge in [0.2, 0.25) is 5.91 Å². The van der Waals surface area contributed by atoms with E-state index in [0.717, 1.165) is 43.7 Å². The van der Waals surface area contributed by atoms with Crippen LogP contribution in [0.4, 0.5) is 16.5 Å². The van der Waals surface area contributed by atoms with Crippen LogP contribution in [0.3, 0.4) is 0 Å². The highest BCUT2D eigenvalue weighted by Gasteiger charge is 2.33. The molecule has 9 heteroatoms. The fraction of sp³-hybridized carbons (Fsp3) is 0.304. The van der Waals surface area contributed by atoms with Crippen molar-refractivity contribution in [2.75, 3.05) is 34.2 Å². The van der Waals surface area contributed by atoms with Crippen molar-refractivity contribution in [2.24, 2.45) is 5.92 Å². The standard InChI is InChI=1S/C23H24N4O3S2.H2/c28-22(27-13-3-5-17-4-1-2-6-21(17)27)18-11-14-26(16-18)19-7-9-20(10-8-19)32(29,30)25-23-24-12-15-31-23;/h1-2,4,6-10,12,15,18H,3,5,11,13-14,16H2,(H,24,25);1H. The Hall–Kier alpha value is -2.91. The fourth-order valence-electron chi connectivity index (χ4n) is 4.46. The molecule has 0 saturated carbocycles. The Kier molecular flexibility index (Phi) is 5.60. The molecule has 0 aliphatic carbocycles. The predicted octanol–water partition coefficient (Wildman–Crippen LogP) is 4.00. The van der Waals surface area contributed by atoms with Gasteiger partial charge in [-0.3, -0.25) is 9.52 Å². The Bertz CT molecular complexity index is 1220. The van der Waals surface area contributed by atoms with Gasteiger partial charge in [-0.25, -0.2) is 13.4 Å². The lowest BCUT2D eigenvalue weighted by atomic mass is 9.99. The third-order valence-corrected chi connectivity index (χ3v) is 8.25. The van der Waals surface area contributed by atoms with Crippen LogP contribution in [-0.2, 0) is 21.2 Å². The molecule has 1 unspecified atom stereocenters. The Morgan fingerprint density at radius 3 is 2.72 bits per heavy atom. The van der Waals surface area contributed by atoms with Crippen LogP contribution in [0.25, 0.3) is 0 Å². The molecule has 1 aromatic heterocycles. The summed E-state index contributed by atoms with van der Waals surface area (Å²) in [4.78, 5) is 21.5. The molecule has 168 valence electrons. The topological polar surface area (TPSA) is 82.6 Å². The monoisotopic (exact) mass is 470 g/mol. The number of sulfonamides is 1. The van der Waals surface area contributed by atoms with Gasteiger partial charge < -0.3 is 9.80 Å². The Labute approximate surface area is 193 Å². The fourth-order valence-corrected chi connectivity index (χ4v) is 6.25. The first-order chi connectivity index (χ1) is 15.5. The molecule has 1 amide bonds. The third kappa shape index (κ3) is 4.10. The molecule has 1 atom stereocenters. The minimum absolute atomic E-state index is 0. The lowest BCUT2D eigenvalue weighted by Gasteiger charge is -2.31. The van der Waals surface area contributed by atoms with Crippen molar-refractivity contribution in [1.82, 2.24) is 4.98 Å². The summed E-state index contributed by atoms with van der Waals surface area (Å²) in [5.41, 5.74) is 3.21. The molecule has 7 nitrogen and oxygen atoms in total. The molecular formula is C23H26N4O3S2. The molecule has 1 saturated heterocycles. The maximum atomic E-state index is 13.3. The number of nitrogens with zero attached hydrogens (tertiary/aromatic N) is 3. The van der Waals surface area contributed by atoms with E-state index in [9.17, 15) is 13.2 Å². The van der Waals surface area contributed by atoms with Crippen LogP contribution < -0.4 is 14.5 Å². The van der Waals surface area contributed by atoms with Crippen molar-refractivity contribution in [3.63, 3.8) is 0 Å². The van der Waals surface area contributed by atoms with Crippen molar-refractivity contribution >= 4 is 43.8 Å². The number of carbonyl (C=O) groups excluding carboxylic acids is 1. The zero-order valence-corrected chi connectivity index (χ0v) is 19.1. The molecule has 0 spiro atoms. The number of aromatic nitrogens is 1. The summed E-state index contributed by atoms with van der Waals surface area (Å²) < 4.78 is 27.6. The second-order valence-corrected chi connectivity index (χ2v) is 10.7. The highest BCUT2D eigenvalue weighted by atomic mass is 32.2. The van der Waals surface area contributed by atoms with E-state index in [1.165, 1.54) is 16.9 Å². The third-order valence-electron chi connectivity index (χ3n) is 6.08. The van der Waals surface area contributed by atoms with Crippen LogP contribution >= 0.6 is 11.3 Å². The molecule has 0 bridgehead atoms. The highest BCUT2D eigenvalue weighted by Crippen LogP contribution is 2.32. The number of rotatable bonds is 5. The van der Waals surface area contributed by atoms with Crippen LogP contribution in [0.5, 0.6) is 0 Å². The Morgan fingerprint density at radius 1 is 1.12 bits per heavy atom. The van der Waals surface area contributed by atoms with Gasteiger partial charge in [-0.05, 0) is 55.2 Å². The van der Waals surface area contributed by atoms with Crippen molar-refractivity contribution in [1.29, 1.82) is 0 Å². The molecule has 2 aliphatic heterocycles. The van der Waals surface area contributed by atoms with Gasteiger partial charge in [0, 0.05) is 44.0 Å². The lowest BCUT2D eigenvalue weighted by Crippen LogP contribution is -2.40. The van der Waals surface area contributed by atoms with Crippen molar-refractivity contribution in [3.8, 4) is 0 Å². The van der Waals surface area contributed by atoms with Gasteiger partial charge in [0.05, 0.1) is 10.8 Å². The highest BCUT2D eigenvalue weighted by molar-refractivity contribution is 7.93. The summed E-state index contributed by atoms with van der Waals surface area (Å²) in [5, 5.41) is 2.06. The minimum atomic E-state index is -3.67. The quantitative estimate of drug-likeness (QED) is 0.610. The van der Waals surface area contributed by atoms with Gasteiger partial charge >= 0.3 is 0 Å². The lowest BCUT2D eigenvalue weighted by molar-refractivity contribution is -0.121. The summed E-state index contributed by atoms with van der Waals surface area (Å²) in [6, 6.07) is 15.0. The number of amides is 1. The molecule has 2 aromatic carbocycles. The summed E-state index contributed by atoms with van der Waals surface area (Å²) >= 11 is 1.23. The second kappa shape index (κ2) is 8.55. The molecule has 3 heterocycles. The van der Waals surface area contributed by atoms with E-state index >= 15 is 0 Å². The summed E-state index contributed by atoms with van der Waals surface area (Å²) in [7, 11) is -3.67. The summed E-state index contributed by atoms with van der Waals surface area (Å²) in [5.74, 6) is 0.127. The SMILES string of the molecule is O=C(C1CCN(c2ccc(S(=O)(=O)Nc3nccs3)cc2)C1)N1CCCc2ccccc21.[HH]. The van der Waals surface area contributed by atoms with Crippen LogP contribution in [0.15, 0.2) is 65.0 Å². The van der Waals surface area contributed by atoms with E-state index in [-0.39, 0.29) is 18.1 Å². The molecule has 32 heavy (non-hydrogen) atoms. The molecule has 0 radical (unpaired) electrons. The van der Waals surface area contributed by atoms with E-state index < -0.39 is 10.0 Å². The van der Waals surface area contributed by atoms with Crippen LogP contribution in [0, 0.1) is 5.92 Å². The number of benzene rings is 2. The smallest absolute Gasteiger partial charge is 0.263 e. The van der Waals surface area contributed by atoms with Gasteiger partial charge in [-0.1, -0.05) is 18.2 Å². The van der Waals surface area contributed by atoms with Crippen LogP contribution in [0.1, 0.15) is 19.8 Å². The molecule has 1 N–H and O–H groups in total. The maximum absolute atomic E-state index is 13.3. The number of anilines is 3. The first-order valence-electron chi connectivity index (χ1n) is 10.7. The van der Waals surface area contributed by atoms with Gasteiger partial charge in [0.1, 0.15) is 0 Å². The molecule has 5 rings (SSSR count). The number of para-hydroxylation sites is 1. The van der Waals surface area contributed by atoms with Crippen LogP contribution in [-0.4, -0.2) is 38.9 Å². The molecule has 2 aliphatic rings. The average molecular weight is 471 g/mol. The van der Waals surface area contributed by atoms with Crippen LogP contribution in [0.2, 0.25) is 0 Å². The molecule has 1 fully saturated rings. The first-order valence-corrected chi connectivity index (χ1v) is 13.0. The zero-order chi connectivity index (χ0) is 22.1. The summed E-state index contributed by atoms with van der Waals surface area (Å²) in [6.45, 7) is 2.18. The number of hydrogen-bond donors (Lipinski definition) is 1. The average Bonchev–Trinajstić information content (AvgIpc) is 3.50. The number of aryl methyl sites for hydroxylation is 1. The number of thiazole rings is 1. The van der Waals surface area contributed by atoms with Gasteiger partial charge in [-0.15, -0.1) is 11.3 Å². The first kappa shape index (κ1) is 21.0. The van der Waals surface area contributed by atoms with Gasteiger partial charge in [0.25, 0.3) is 10.0 Å². The number of fused-ring (bicyclic) bond motifs is 1. The molecular weight excluding hydrogens is 444 g/mol. The Balaban J connectivity index is 0.00000259.